The average molecular weight is 325 g/mol. The molecule has 0 saturated heterocycles. The summed E-state index contributed by atoms with van der Waals surface area (Å²) in [5.74, 6) is -0.976. The second-order valence-corrected chi connectivity index (χ2v) is 5.81. The monoisotopic (exact) mass is 325 g/mol. The van der Waals surface area contributed by atoms with Crippen molar-refractivity contribution in [1.29, 1.82) is 0 Å². The van der Waals surface area contributed by atoms with Crippen molar-refractivity contribution in [2.75, 3.05) is 0 Å². The minimum absolute atomic E-state index is 0.197. The van der Waals surface area contributed by atoms with Crippen LogP contribution in [0.5, 0.6) is 0 Å². The van der Waals surface area contributed by atoms with Crippen molar-refractivity contribution in [3.05, 3.63) is 90.0 Å². The average Bonchev–Trinajstić information content (AvgIpc) is 2.65. The van der Waals surface area contributed by atoms with Crippen molar-refractivity contribution >= 4 is 39.4 Å². The van der Waals surface area contributed by atoms with Gasteiger partial charge in [0.2, 0.25) is 0 Å². The molecular weight excluding hydrogens is 310 g/mol. The highest BCUT2D eigenvalue weighted by Crippen LogP contribution is 2.28. The zero-order chi connectivity index (χ0) is 17.2. The highest BCUT2D eigenvalue weighted by Gasteiger charge is 2.09. The molecule has 25 heavy (non-hydrogen) atoms. The van der Waals surface area contributed by atoms with Crippen LogP contribution < -0.4 is 0 Å². The number of carboxylic acids is 1. The molecule has 0 radical (unpaired) electrons. The molecule has 120 valence electrons. The molecule has 0 aliphatic carbocycles. The Hall–Kier alpha value is -3.46. The summed E-state index contributed by atoms with van der Waals surface area (Å²) < 4.78 is 0. The van der Waals surface area contributed by atoms with Crippen molar-refractivity contribution in [3.63, 3.8) is 0 Å². The number of carboxylic acid groups (broad SMARTS) is 1. The maximum atomic E-state index is 11.4. The smallest absolute Gasteiger partial charge is 0.337 e. The summed E-state index contributed by atoms with van der Waals surface area (Å²) in [6, 6.07) is 25.2. The number of para-hydroxylation sites is 1. The quantitative estimate of drug-likeness (QED) is 0.402. The van der Waals surface area contributed by atoms with E-state index >= 15 is 0 Å². The number of nitrogens with zero attached hydrogens (tertiary/aromatic N) is 1. The molecule has 0 saturated carbocycles. The largest absolute Gasteiger partial charge is 0.478 e. The lowest BCUT2D eigenvalue weighted by molar-refractivity contribution is 0.0698. The number of carbonyl (C=O) groups is 1. The van der Waals surface area contributed by atoms with Crippen LogP contribution in [0.25, 0.3) is 21.5 Å². The second-order valence-electron chi connectivity index (χ2n) is 5.81. The molecule has 1 N–H and O–H groups in total. The van der Waals surface area contributed by atoms with Crippen molar-refractivity contribution in [2.24, 2.45) is 4.99 Å². The van der Waals surface area contributed by atoms with Gasteiger partial charge < -0.3 is 5.11 Å². The molecule has 0 bridgehead atoms. The van der Waals surface area contributed by atoms with Crippen molar-refractivity contribution < 1.29 is 9.90 Å². The number of hydrogen-bond donors (Lipinski definition) is 1. The first kappa shape index (κ1) is 15.1. The molecule has 0 aliphatic heterocycles. The van der Waals surface area contributed by atoms with Crippen molar-refractivity contribution in [3.8, 4) is 0 Å². The molecule has 4 rings (SSSR count). The first-order valence-corrected chi connectivity index (χ1v) is 8.01. The molecule has 4 aromatic carbocycles. The van der Waals surface area contributed by atoms with Gasteiger partial charge in [0.1, 0.15) is 0 Å². The summed E-state index contributed by atoms with van der Waals surface area (Å²) in [5, 5.41) is 13.8. The fraction of sp³-hybridized carbons (Fsp3) is 0. The first-order valence-electron chi connectivity index (χ1n) is 8.01. The Kier molecular flexibility index (Phi) is 3.75. The van der Waals surface area contributed by atoms with E-state index in [1.54, 1.807) is 30.5 Å². The summed E-state index contributed by atoms with van der Waals surface area (Å²) >= 11 is 0. The summed E-state index contributed by atoms with van der Waals surface area (Å²) in [6.45, 7) is 0. The summed E-state index contributed by atoms with van der Waals surface area (Å²) in [4.78, 5) is 15.9. The van der Waals surface area contributed by atoms with E-state index in [0.717, 1.165) is 27.1 Å². The van der Waals surface area contributed by atoms with Crippen LogP contribution in [0, 0.1) is 0 Å². The standard InChI is InChI=1S/C22H15NO2/c24-22(25)19-11-5-6-12-21(19)23-14-20-17-9-3-1-7-15(17)13-16-8-2-4-10-18(16)20/h1-14H,(H,24,25). The number of aliphatic imine (C=N–C) groups is 1. The predicted molar refractivity (Wildman–Crippen MR) is 102 cm³/mol. The summed E-state index contributed by atoms with van der Waals surface area (Å²) in [5.41, 5.74) is 1.64. The maximum Gasteiger partial charge on any atom is 0.337 e. The molecule has 0 atom stereocenters. The van der Waals surface area contributed by atoms with Crippen LogP contribution in [0.2, 0.25) is 0 Å². The molecule has 0 spiro atoms. The van der Waals surface area contributed by atoms with Gasteiger partial charge in [-0.05, 0) is 39.7 Å². The van der Waals surface area contributed by atoms with Crippen LogP contribution in [-0.4, -0.2) is 17.3 Å². The van der Waals surface area contributed by atoms with Crippen LogP contribution in [0.1, 0.15) is 15.9 Å². The molecule has 0 aromatic heterocycles. The van der Waals surface area contributed by atoms with Gasteiger partial charge >= 0.3 is 5.97 Å². The Morgan fingerprint density at radius 1 is 0.800 bits per heavy atom. The third kappa shape index (κ3) is 2.76. The third-order valence-electron chi connectivity index (χ3n) is 4.28. The number of fused-ring (bicyclic) bond motifs is 2. The van der Waals surface area contributed by atoms with E-state index in [2.05, 4.69) is 35.3 Å². The van der Waals surface area contributed by atoms with Crippen LogP contribution in [-0.2, 0) is 0 Å². The minimum atomic E-state index is -0.976. The highest BCUT2D eigenvalue weighted by molar-refractivity contribution is 6.14. The van der Waals surface area contributed by atoms with Gasteiger partial charge in [0, 0.05) is 11.8 Å². The molecule has 0 unspecified atom stereocenters. The van der Waals surface area contributed by atoms with E-state index in [0.29, 0.717) is 5.69 Å². The lowest BCUT2D eigenvalue weighted by atomic mass is 9.97. The van der Waals surface area contributed by atoms with E-state index in [1.807, 2.05) is 24.3 Å². The number of aromatic carboxylic acids is 1. The van der Waals surface area contributed by atoms with E-state index < -0.39 is 5.97 Å². The maximum absolute atomic E-state index is 11.4. The topological polar surface area (TPSA) is 49.7 Å². The van der Waals surface area contributed by atoms with Gasteiger partial charge in [-0.25, -0.2) is 4.79 Å². The molecule has 4 aromatic rings. The van der Waals surface area contributed by atoms with E-state index in [1.165, 1.54) is 0 Å². The Bertz CT molecular complexity index is 1080. The number of hydrogen-bond acceptors (Lipinski definition) is 2. The van der Waals surface area contributed by atoms with Gasteiger partial charge in [-0.3, -0.25) is 4.99 Å². The van der Waals surface area contributed by atoms with Gasteiger partial charge in [-0.2, -0.15) is 0 Å². The van der Waals surface area contributed by atoms with E-state index in [-0.39, 0.29) is 5.56 Å². The molecule has 0 amide bonds. The zero-order valence-electron chi connectivity index (χ0n) is 13.4. The summed E-state index contributed by atoms with van der Waals surface area (Å²) in [6.07, 6.45) is 1.77. The fourth-order valence-electron chi connectivity index (χ4n) is 3.09. The second kappa shape index (κ2) is 6.21. The van der Waals surface area contributed by atoms with E-state index in [9.17, 15) is 9.90 Å². The van der Waals surface area contributed by atoms with Gasteiger partial charge in [-0.1, -0.05) is 60.7 Å². The van der Waals surface area contributed by atoms with Gasteiger partial charge in [0.05, 0.1) is 11.3 Å². The van der Waals surface area contributed by atoms with Gasteiger partial charge in [-0.15, -0.1) is 0 Å². The fourth-order valence-corrected chi connectivity index (χ4v) is 3.09. The molecule has 0 aliphatic rings. The third-order valence-corrected chi connectivity index (χ3v) is 4.28. The summed E-state index contributed by atoms with van der Waals surface area (Å²) in [7, 11) is 0. The number of rotatable bonds is 3. The minimum Gasteiger partial charge on any atom is -0.478 e. The van der Waals surface area contributed by atoms with Crippen molar-refractivity contribution in [2.45, 2.75) is 0 Å². The Balaban J connectivity index is 1.95. The van der Waals surface area contributed by atoms with Crippen LogP contribution in [0.3, 0.4) is 0 Å². The Morgan fingerprint density at radius 2 is 1.36 bits per heavy atom. The van der Waals surface area contributed by atoms with Gasteiger partial charge in [0.15, 0.2) is 0 Å². The molecule has 3 nitrogen and oxygen atoms in total. The lowest BCUT2D eigenvalue weighted by Crippen LogP contribution is -1.96. The van der Waals surface area contributed by atoms with Crippen LogP contribution in [0.4, 0.5) is 5.69 Å². The van der Waals surface area contributed by atoms with E-state index in [4.69, 9.17) is 0 Å². The molecular formula is C22H15NO2. The van der Waals surface area contributed by atoms with Crippen molar-refractivity contribution in [1.82, 2.24) is 0 Å². The van der Waals surface area contributed by atoms with Crippen LogP contribution >= 0.6 is 0 Å². The SMILES string of the molecule is O=C(O)c1ccccc1N=Cc1c2ccccc2cc2ccccc12. The lowest BCUT2D eigenvalue weighted by Gasteiger charge is -2.08. The Morgan fingerprint density at radius 3 is 2.00 bits per heavy atom. The van der Waals surface area contributed by atoms with Gasteiger partial charge in [0.25, 0.3) is 0 Å². The molecule has 0 fully saturated rings. The molecule has 0 heterocycles. The Labute approximate surface area is 144 Å². The number of benzene rings is 4. The predicted octanol–water partition coefficient (Wildman–Crippen LogP) is 5.44. The molecule has 3 heteroatoms. The normalized spacial score (nSPS) is 11.4. The first-order chi connectivity index (χ1) is 12.2. The highest BCUT2D eigenvalue weighted by atomic mass is 16.4. The van der Waals surface area contributed by atoms with Crippen LogP contribution in [0.15, 0.2) is 83.9 Å². The zero-order valence-corrected chi connectivity index (χ0v) is 13.4.